The molecule has 4 aromatic heterocycles. The number of aromatic nitrogens is 5. The Morgan fingerprint density at radius 3 is 2.79 bits per heavy atom. The van der Waals surface area contributed by atoms with Gasteiger partial charge in [0, 0.05) is 15.8 Å². The molecule has 1 aromatic carbocycles. The second-order valence-electron chi connectivity index (χ2n) is 6.64. The molecule has 29 heavy (non-hydrogen) atoms. The minimum absolute atomic E-state index is 0.545. The van der Waals surface area contributed by atoms with E-state index in [1.807, 2.05) is 24.3 Å². The lowest BCUT2D eigenvalue weighted by atomic mass is 10.1. The van der Waals surface area contributed by atoms with Crippen molar-refractivity contribution in [3.63, 3.8) is 0 Å². The summed E-state index contributed by atoms with van der Waals surface area (Å²) in [7, 11) is 0. The van der Waals surface area contributed by atoms with Crippen LogP contribution < -0.4 is 0 Å². The van der Waals surface area contributed by atoms with E-state index in [1.165, 1.54) is 16.6 Å². The largest absolute Gasteiger partial charge is 0.467 e. The molecule has 0 spiro atoms. The van der Waals surface area contributed by atoms with Crippen molar-refractivity contribution in [2.45, 2.75) is 30.6 Å². The van der Waals surface area contributed by atoms with Crippen LogP contribution in [0.1, 0.15) is 16.2 Å². The van der Waals surface area contributed by atoms with Crippen molar-refractivity contribution < 1.29 is 4.42 Å². The van der Waals surface area contributed by atoms with Gasteiger partial charge in [-0.25, -0.2) is 9.97 Å². The highest BCUT2D eigenvalue weighted by Gasteiger charge is 2.19. The molecule has 0 atom stereocenters. The predicted octanol–water partition coefficient (Wildman–Crippen LogP) is 5.36. The first-order chi connectivity index (χ1) is 14.2. The molecule has 144 valence electrons. The molecule has 0 unspecified atom stereocenters. The average molecular weight is 420 g/mol. The lowest BCUT2D eigenvalue weighted by molar-refractivity contribution is 0.485. The standard InChI is InChI=1S/C21H17N5OS2/c1-13-6-3-4-8-16(13)18-24-25-21(26(18)11-15-7-5-9-27-15)29-20-17-10-14(2)28-19(17)22-12-23-20/h3-10,12H,11H2,1-2H3. The van der Waals surface area contributed by atoms with Gasteiger partial charge in [-0.3, -0.25) is 4.57 Å². The number of hydrogen-bond acceptors (Lipinski definition) is 7. The molecule has 0 aliphatic heterocycles. The fourth-order valence-electron chi connectivity index (χ4n) is 3.21. The predicted molar refractivity (Wildman–Crippen MR) is 114 cm³/mol. The third-order valence-corrected chi connectivity index (χ3v) is 6.56. The Morgan fingerprint density at radius 1 is 1.07 bits per heavy atom. The molecule has 0 bridgehead atoms. The summed E-state index contributed by atoms with van der Waals surface area (Å²) in [6.07, 6.45) is 3.29. The first-order valence-electron chi connectivity index (χ1n) is 9.09. The lowest BCUT2D eigenvalue weighted by Crippen LogP contribution is -2.04. The quantitative estimate of drug-likeness (QED) is 0.357. The van der Waals surface area contributed by atoms with Gasteiger partial charge in [0.1, 0.15) is 21.9 Å². The number of benzene rings is 1. The normalized spacial score (nSPS) is 11.4. The molecular weight excluding hydrogens is 402 g/mol. The lowest BCUT2D eigenvalue weighted by Gasteiger charge is -2.10. The minimum atomic E-state index is 0.545. The van der Waals surface area contributed by atoms with Crippen molar-refractivity contribution in [1.29, 1.82) is 0 Å². The summed E-state index contributed by atoms with van der Waals surface area (Å²) >= 11 is 3.17. The third-order valence-electron chi connectivity index (χ3n) is 4.60. The number of furan rings is 1. The van der Waals surface area contributed by atoms with Crippen molar-refractivity contribution in [2.75, 3.05) is 0 Å². The summed E-state index contributed by atoms with van der Waals surface area (Å²) in [6, 6.07) is 14.2. The Balaban J connectivity index is 1.61. The summed E-state index contributed by atoms with van der Waals surface area (Å²) in [5.74, 6) is 1.66. The Hall–Kier alpha value is -2.97. The summed E-state index contributed by atoms with van der Waals surface area (Å²) in [4.78, 5) is 11.1. The van der Waals surface area contributed by atoms with E-state index in [9.17, 15) is 0 Å². The molecule has 4 heterocycles. The minimum Gasteiger partial charge on any atom is -0.467 e. The molecule has 0 radical (unpaired) electrons. The Labute approximate surface area is 175 Å². The van der Waals surface area contributed by atoms with E-state index < -0.39 is 0 Å². The molecule has 6 nitrogen and oxygen atoms in total. The summed E-state index contributed by atoms with van der Waals surface area (Å²) in [5, 5.41) is 11.7. The molecule has 0 fully saturated rings. The maximum Gasteiger partial charge on any atom is 0.198 e. The monoisotopic (exact) mass is 419 g/mol. The van der Waals surface area contributed by atoms with Gasteiger partial charge in [0.2, 0.25) is 0 Å². The van der Waals surface area contributed by atoms with Crippen LogP contribution in [0, 0.1) is 13.8 Å². The van der Waals surface area contributed by atoms with Crippen LogP contribution in [-0.2, 0) is 6.54 Å². The van der Waals surface area contributed by atoms with Crippen LogP contribution in [0.2, 0.25) is 0 Å². The van der Waals surface area contributed by atoms with E-state index in [0.29, 0.717) is 6.54 Å². The van der Waals surface area contributed by atoms with E-state index in [4.69, 9.17) is 4.42 Å². The number of fused-ring (bicyclic) bond motifs is 1. The zero-order chi connectivity index (χ0) is 19.8. The molecule has 0 saturated carbocycles. The first-order valence-corrected chi connectivity index (χ1v) is 10.7. The van der Waals surface area contributed by atoms with Crippen molar-refractivity contribution >= 4 is 33.3 Å². The van der Waals surface area contributed by atoms with E-state index in [1.54, 1.807) is 23.9 Å². The zero-order valence-corrected chi connectivity index (χ0v) is 17.5. The first kappa shape index (κ1) is 18.1. The molecule has 0 aliphatic carbocycles. The van der Waals surface area contributed by atoms with Crippen LogP contribution in [0.5, 0.6) is 0 Å². The third kappa shape index (κ3) is 3.45. The van der Waals surface area contributed by atoms with Gasteiger partial charge >= 0.3 is 0 Å². The topological polar surface area (TPSA) is 69.6 Å². The van der Waals surface area contributed by atoms with Gasteiger partial charge in [-0.2, -0.15) is 0 Å². The van der Waals surface area contributed by atoms with E-state index in [2.05, 4.69) is 56.8 Å². The van der Waals surface area contributed by atoms with Gasteiger partial charge in [-0.05, 0) is 49.4 Å². The van der Waals surface area contributed by atoms with Crippen LogP contribution in [0.3, 0.4) is 0 Å². The van der Waals surface area contributed by atoms with E-state index >= 15 is 0 Å². The van der Waals surface area contributed by atoms with Gasteiger partial charge in [-0.1, -0.05) is 24.3 Å². The van der Waals surface area contributed by atoms with Crippen molar-refractivity contribution in [1.82, 2.24) is 24.7 Å². The highest BCUT2D eigenvalue weighted by Crippen LogP contribution is 2.35. The second-order valence-corrected chi connectivity index (χ2v) is 8.83. The van der Waals surface area contributed by atoms with Crippen LogP contribution >= 0.6 is 23.1 Å². The number of hydrogen-bond donors (Lipinski definition) is 0. The Bertz CT molecular complexity index is 1290. The van der Waals surface area contributed by atoms with Gasteiger partial charge < -0.3 is 4.42 Å². The average Bonchev–Trinajstić information content (AvgIpc) is 3.44. The van der Waals surface area contributed by atoms with Crippen LogP contribution in [-0.4, -0.2) is 24.7 Å². The number of thiophene rings is 1. The van der Waals surface area contributed by atoms with Crippen molar-refractivity contribution in [2.24, 2.45) is 0 Å². The summed E-state index contributed by atoms with van der Waals surface area (Å²) < 4.78 is 7.68. The molecule has 8 heteroatoms. The number of aryl methyl sites for hydroxylation is 2. The van der Waals surface area contributed by atoms with E-state index in [-0.39, 0.29) is 0 Å². The number of rotatable bonds is 5. The maximum atomic E-state index is 5.60. The molecule has 0 amide bonds. The molecule has 0 saturated heterocycles. The highest BCUT2D eigenvalue weighted by molar-refractivity contribution is 7.99. The Morgan fingerprint density at radius 2 is 1.97 bits per heavy atom. The molecule has 5 rings (SSSR count). The highest BCUT2D eigenvalue weighted by atomic mass is 32.2. The van der Waals surface area contributed by atoms with Crippen LogP contribution in [0.15, 0.2) is 69.7 Å². The van der Waals surface area contributed by atoms with Crippen molar-refractivity contribution in [3.8, 4) is 11.4 Å². The van der Waals surface area contributed by atoms with Gasteiger partial charge in [-0.15, -0.1) is 21.5 Å². The summed E-state index contributed by atoms with van der Waals surface area (Å²) in [6.45, 7) is 4.70. The van der Waals surface area contributed by atoms with Crippen LogP contribution in [0.25, 0.3) is 21.6 Å². The second kappa shape index (κ2) is 7.46. The maximum absolute atomic E-state index is 5.60. The van der Waals surface area contributed by atoms with Crippen molar-refractivity contribution in [3.05, 3.63) is 71.3 Å². The van der Waals surface area contributed by atoms with Crippen LogP contribution in [0.4, 0.5) is 0 Å². The van der Waals surface area contributed by atoms with Gasteiger partial charge in [0.25, 0.3) is 0 Å². The van der Waals surface area contributed by atoms with Gasteiger partial charge in [0.05, 0.1) is 12.8 Å². The molecular formula is C21H17N5OS2. The zero-order valence-electron chi connectivity index (χ0n) is 15.9. The Kier molecular flexibility index (Phi) is 4.65. The van der Waals surface area contributed by atoms with Gasteiger partial charge in [0.15, 0.2) is 11.0 Å². The SMILES string of the molecule is Cc1cc2c(Sc3nnc(-c4ccccc4C)n3Cc3ccco3)ncnc2s1. The fourth-order valence-corrected chi connectivity index (χ4v) is 5.00. The summed E-state index contributed by atoms with van der Waals surface area (Å²) in [5.41, 5.74) is 2.20. The van der Waals surface area contributed by atoms with E-state index in [0.717, 1.165) is 43.1 Å². The molecule has 0 N–H and O–H groups in total. The smallest absolute Gasteiger partial charge is 0.198 e. The molecule has 0 aliphatic rings. The fraction of sp³-hybridized carbons (Fsp3) is 0.143. The molecule has 5 aromatic rings. The number of nitrogens with zero attached hydrogens (tertiary/aromatic N) is 5.